The molecule has 0 aliphatic rings. The lowest BCUT2D eigenvalue weighted by atomic mass is 10.1. The molecule has 0 saturated heterocycles. The zero-order valence-electron chi connectivity index (χ0n) is 13.8. The maximum atomic E-state index is 12.4. The molecule has 0 spiro atoms. The lowest BCUT2D eigenvalue weighted by Crippen LogP contribution is -2.00. The quantitative estimate of drug-likeness (QED) is 0.556. The predicted molar refractivity (Wildman–Crippen MR) is 102 cm³/mol. The van der Waals surface area contributed by atoms with Crippen LogP contribution in [0.4, 0.5) is 15.9 Å². The maximum Gasteiger partial charge on any atom is 0.141 e. The minimum Gasteiger partial charge on any atom is -0.339 e. The Labute approximate surface area is 151 Å². The van der Waals surface area contributed by atoms with Gasteiger partial charge in [-0.2, -0.15) is 0 Å². The van der Waals surface area contributed by atoms with Crippen LogP contribution in [-0.2, 0) is 12.8 Å². The number of nitrogens with one attached hydrogen (secondary N) is 1. The van der Waals surface area contributed by atoms with Crippen LogP contribution < -0.4 is 5.32 Å². The Morgan fingerprint density at radius 3 is 2.84 bits per heavy atom. The summed E-state index contributed by atoms with van der Waals surface area (Å²) in [7, 11) is 0. The molecule has 0 bridgehead atoms. The van der Waals surface area contributed by atoms with Gasteiger partial charge in [-0.05, 0) is 54.7 Å². The Kier molecular flexibility index (Phi) is 5.61. The van der Waals surface area contributed by atoms with Gasteiger partial charge in [0.05, 0.1) is 12.2 Å². The van der Waals surface area contributed by atoms with Crippen molar-refractivity contribution in [3.05, 3.63) is 71.5 Å². The molecule has 3 aromatic rings. The highest BCUT2D eigenvalue weighted by Gasteiger charge is 2.08. The van der Waals surface area contributed by atoms with Gasteiger partial charge in [-0.1, -0.05) is 29.8 Å². The number of aryl methyl sites for hydroxylation is 1. The van der Waals surface area contributed by atoms with E-state index in [2.05, 4.69) is 21.9 Å². The van der Waals surface area contributed by atoms with Crippen molar-refractivity contribution in [1.82, 2.24) is 9.97 Å². The topological polar surface area (TPSA) is 37.8 Å². The van der Waals surface area contributed by atoms with Crippen LogP contribution in [0.15, 0.2) is 55.4 Å². The first-order valence-corrected chi connectivity index (χ1v) is 8.55. The summed E-state index contributed by atoms with van der Waals surface area (Å²) < 4.78 is 12.4. The molecule has 0 aliphatic heterocycles. The van der Waals surface area contributed by atoms with Crippen molar-refractivity contribution >= 4 is 34.0 Å². The normalized spacial score (nSPS) is 10.8. The Bertz CT molecular complexity index is 895. The fraction of sp³-hybridized carbons (Fsp3) is 0.200. The summed E-state index contributed by atoms with van der Waals surface area (Å²) in [6.45, 7) is 3.49. The fourth-order valence-electron chi connectivity index (χ4n) is 2.75. The highest BCUT2D eigenvalue weighted by atomic mass is 35.5. The Morgan fingerprint density at radius 2 is 2.04 bits per heavy atom. The number of hydrogen-bond donors (Lipinski definition) is 1. The number of alkyl halides is 1. The summed E-state index contributed by atoms with van der Waals surface area (Å²) in [5, 5.41) is 4.93. The van der Waals surface area contributed by atoms with E-state index in [4.69, 9.17) is 11.6 Å². The highest BCUT2D eigenvalue weighted by Crippen LogP contribution is 2.28. The zero-order valence-corrected chi connectivity index (χ0v) is 14.6. The van der Waals surface area contributed by atoms with Crippen LogP contribution in [0.3, 0.4) is 0 Å². The number of aromatic nitrogens is 2. The van der Waals surface area contributed by atoms with Gasteiger partial charge >= 0.3 is 0 Å². The molecule has 0 amide bonds. The first kappa shape index (κ1) is 17.4. The molecule has 0 fully saturated rings. The number of nitrogens with zero attached hydrogens (tertiary/aromatic N) is 2. The smallest absolute Gasteiger partial charge is 0.141 e. The molecule has 128 valence electrons. The van der Waals surface area contributed by atoms with E-state index < -0.39 is 0 Å². The van der Waals surface area contributed by atoms with Gasteiger partial charge < -0.3 is 5.32 Å². The van der Waals surface area contributed by atoms with Crippen molar-refractivity contribution in [2.24, 2.45) is 0 Å². The average Bonchev–Trinajstić information content (AvgIpc) is 2.62. The molecule has 0 radical (unpaired) electrons. The number of allylic oxidation sites excluding steroid dienone is 1. The number of benzene rings is 2. The van der Waals surface area contributed by atoms with Crippen LogP contribution in [0, 0.1) is 0 Å². The van der Waals surface area contributed by atoms with Crippen molar-refractivity contribution in [2.45, 2.75) is 19.3 Å². The van der Waals surface area contributed by atoms with Crippen LogP contribution in [0.1, 0.15) is 17.5 Å². The molecule has 3 rings (SSSR count). The van der Waals surface area contributed by atoms with Crippen LogP contribution in [0.25, 0.3) is 10.9 Å². The first-order valence-electron chi connectivity index (χ1n) is 8.17. The van der Waals surface area contributed by atoms with Crippen LogP contribution in [0.2, 0.25) is 5.02 Å². The van der Waals surface area contributed by atoms with E-state index in [1.54, 1.807) is 0 Å². The standard InChI is InChI=1S/C20H19ClFN3/c1-2-4-15-7-8-16(21)12-18(15)25-20-17-9-6-14(5-3-10-22)11-19(17)23-13-24-20/h2,6-9,11-13H,1,3-5,10H2,(H,23,24,25). The molecule has 25 heavy (non-hydrogen) atoms. The van der Waals surface area contributed by atoms with E-state index in [-0.39, 0.29) is 6.67 Å². The van der Waals surface area contributed by atoms with Gasteiger partial charge in [-0.3, -0.25) is 4.39 Å². The second-order valence-corrected chi connectivity index (χ2v) is 6.22. The number of rotatable bonds is 7. The third-order valence-electron chi connectivity index (χ3n) is 3.99. The van der Waals surface area contributed by atoms with Gasteiger partial charge in [-0.25, -0.2) is 9.97 Å². The summed E-state index contributed by atoms with van der Waals surface area (Å²) in [6, 6.07) is 11.7. The molecule has 3 nitrogen and oxygen atoms in total. The van der Waals surface area contributed by atoms with Crippen molar-refractivity contribution in [3.63, 3.8) is 0 Å². The minimum atomic E-state index is -0.310. The fourth-order valence-corrected chi connectivity index (χ4v) is 2.93. The van der Waals surface area contributed by atoms with E-state index in [1.807, 2.05) is 42.5 Å². The van der Waals surface area contributed by atoms with E-state index in [9.17, 15) is 4.39 Å². The van der Waals surface area contributed by atoms with E-state index in [0.717, 1.165) is 40.0 Å². The highest BCUT2D eigenvalue weighted by molar-refractivity contribution is 6.30. The van der Waals surface area contributed by atoms with Crippen molar-refractivity contribution in [2.75, 3.05) is 12.0 Å². The Balaban J connectivity index is 1.96. The van der Waals surface area contributed by atoms with E-state index >= 15 is 0 Å². The molecule has 0 unspecified atom stereocenters. The molecule has 1 heterocycles. The number of hydrogen-bond acceptors (Lipinski definition) is 3. The second-order valence-electron chi connectivity index (χ2n) is 5.79. The average molecular weight is 356 g/mol. The van der Waals surface area contributed by atoms with Crippen LogP contribution >= 0.6 is 11.6 Å². The third-order valence-corrected chi connectivity index (χ3v) is 4.22. The van der Waals surface area contributed by atoms with E-state index in [1.165, 1.54) is 6.33 Å². The number of anilines is 2. The largest absolute Gasteiger partial charge is 0.339 e. The summed E-state index contributed by atoms with van der Waals surface area (Å²) in [5.74, 6) is 0.717. The van der Waals surface area contributed by atoms with Gasteiger partial charge in [0.25, 0.3) is 0 Å². The summed E-state index contributed by atoms with van der Waals surface area (Å²) in [6.07, 6.45) is 5.34. The van der Waals surface area contributed by atoms with Gasteiger partial charge in [0.15, 0.2) is 0 Å². The second kappa shape index (κ2) is 8.08. The molecular weight excluding hydrogens is 337 g/mol. The zero-order chi connectivity index (χ0) is 17.6. The predicted octanol–water partition coefficient (Wildman–Crippen LogP) is 5.66. The van der Waals surface area contributed by atoms with Crippen molar-refractivity contribution in [3.8, 4) is 0 Å². The number of fused-ring (bicyclic) bond motifs is 1. The Hall–Kier alpha value is -2.46. The van der Waals surface area contributed by atoms with Crippen molar-refractivity contribution < 1.29 is 4.39 Å². The molecule has 5 heteroatoms. The molecule has 1 N–H and O–H groups in total. The van der Waals surface area contributed by atoms with Crippen molar-refractivity contribution in [1.29, 1.82) is 0 Å². The summed E-state index contributed by atoms with van der Waals surface area (Å²) in [5.41, 5.74) is 3.89. The Morgan fingerprint density at radius 1 is 1.16 bits per heavy atom. The van der Waals surface area contributed by atoms with Gasteiger partial charge in [0, 0.05) is 16.1 Å². The summed E-state index contributed by atoms with van der Waals surface area (Å²) >= 11 is 6.14. The third kappa shape index (κ3) is 4.15. The molecule has 1 aromatic heterocycles. The van der Waals surface area contributed by atoms with Crippen LogP contribution in [-0.4, -0.2) is 16.6 Å². The maximum absolute atomic E-state index is 12.4. The SMILES string of the molecule is C=CCc1ccc(Cl)cc1Nc1ncnc2cc(CCCF)ccc12. The first-order chi connectivity index (χ1) is 12.2. The lowest BCUT2D eigenvalue weighted by Gasteiger charge is -2.13. The van der Waals surface area contributed by atoms with Gasteiger partial charge in [-0.15, -0.1) is 6.58 Å². The monoisotopic (exact) mass is 355 g/mol. The molecular formula is C20H19ClFN3. The van der Waals surface area contributed by atoms with Gasteiger partial charge in [0.2, 0.25) is 0 Å². The van der Waals surface area contributed by atoms with Gasteiger partial charge in [0.1, 0.15) is 12.1 Å². The lowest BCUT2D eigenvalue weighted by molar-refractivity contribution is 0.473. The van der Waals surface area contributed by atoms with Crippen LogP contribution in [0.5, 0.6) is 0 Å². The molecule has 0 aliphatic carbocycles. The molecule has 2 aromatic carbocycles. The molecule has 0 atom stereocenters. The number of halogens is 2. The minimum absolute atomic E-state index is 0.310. The van der Waals surface area contributed by atoms with E-state index in [0.29, 0.717) is 17.9 Å². The molecule has 0 saturated carbocycles. The summed E-state index contributed by atoms with van der Waals surface area (Å²) in [4.78, 5) is 8.72.